The van der Waals surface area contributed by atoms with Gasteiger partial charge in [-0.2, -0.15) is 0 Å². The molecule has 0 radical (unpaired) electrons. The molecule has 0 aliphatic heterocycles. The van der Waals surface area contributed by atoms with Gasteiger partial charge in [-0.1, -0.05) is 18.2 Å². The molecule has 0 saturated heterocycles. The summed E-state index contributed by atoms with van der Waals surface area (Å²) in [6, 6.07) is 8.38. The molecule has 2 aromatic rings. The summed E-state index contributed by atoms with van der Waals surface area (Å²) in [5.41, 5.74) is 6.62. The molecule has 0 aliphatic rings. The lowest BCUT2D eigenvalue weighted by molar-refractivity contribution is 0.129. The molecule has 0 fully saturated rings. The maximum Gasteiger partial charge on any atom is 0.0731 e. The summed E-state index contributed by atoms with van der Waals surface area (Å²) in [5.74, 6) is 0. The van der Waals surface area contributed by atoms with Crippen molar-refractivity contribution in [2.45, 2.75) is 6.61 Å². The van der Waals surface area contributed by atoms with Crippen molar-refractivity contribution in [1.29, 1.82) is 0 Å². The quantitative estimate of drug-likeness (QED) is 0.781. The van der Waals surface area contributed by atoms with E-state index in [1.165, 1.54) is 15.6 Å². The number of thiophene rings is 1. The smallest absolute Gasteiger partial charge is 0.0731 e. The summed E-state index contributed by atoms with van der Waals surface area (Å²) < 4.78 is 6.74. The second kappa shape index (κ2) is 4.55. The van der Waals surface area contributed by atoms with Crippen LogP contribution in [0.25, 0.3) is 10.1 Å². The molecule has 0 unspecified atom stereocenters. The highest BCUT2D eigenvalue weighted by molar-refractivity contribution is 7.17. The van der Waals surface area contributed by atoms with E-state index in [0.29, 0.717) is 19.8 Å². The van der Waals surface area contributed by atoms with Crippen LogP contribution in [0.3, 0.4) is 0 Å². The Bertz CT molecular complexity index is 410. The lowest BCUT2D eigenvalue weighted by Crippen LogP contribution is -2.07. The number of ether oxygens (including phenoxy) is 1. The Labute approximate surface area is 87.3 Å². The lowest BCUT2D eigenvalue weighted by Gasteiger charge is -2.00. The highest BCUT2D eigenvalue weighted by atomic mass is 32.1. The third-order valence-electron chi connectivity index (χ3n) is 2.08. The Morgan fingerprint density at radius 1 is 1.29 bits per heavy atom. The van der Waals surface area contributed by atoms with Crippen molar-refractivity contribution < 1.29 is 4.74 Å². The lowest BCUT2D eigenvalue weighted by atomic mass is 10.2. The Balaban J connectivity index is 2.17. The molecule has 1 aromatic heterocycles. The van der Waals surface area contributed by atoms with Crippen molar-refractivity contribution in [3.63, 3.8) is 0 Å². The maximum atomic E-state index is 5.42. The Morgan fingerprint density at radius 3 is 3.00 bits per heavy atom. The minimum atomic E-state index is 0.585. The molecule has 0 saturated carbocycles. The SMILES string of the molecule is NCCOCc1csc2ccccc12. The predicted octanol–water partition coefficient (Wildman–Crippen LogP) is 2.38. The van der Waals surface area contributed by atoms with Crippen molar-refractivity contribution in [3.8, 4) is 0 Å². The van der Waals surface area contributed by atoms with Gasteiger partial charge in [-0.3, -0.25) is 0 Å². The van der Waals surface area contributed by atoms with Gasteiger partial charge in [0.05, 0.1) is 13.2 Å². The van der Waals surface area contributed by atoms with Gasteiger partial charge in [0.2, 0.25) is 0 Å². The minimum Gasteiger partial charge on any atom is -0.375 e. The molecule has 1 heterocycles. The van der Waals surface area contributed by atoms with Crippen LogP contribution >= 0.6 is 11.3 Å². The number of hydrogen-bond acceptors (Lipinski definition) is 3. The number of hydrogen-bond donors (Lipinski definition) is 1. The maximum absolute atomic E-state index is 5.42. The molecule has 0 atom stereocenters. The van der Waals surface area contributed by atoms with Gasteiger partial charge in [-0.15, -0.1) is 11.3 Å². The number of nitrogens with two attached hydrogens (primary N) is 1. The average molecular weight is 207 g/mol. The van der Waals surface area contributed by atoms with E-state index in [1.807, 2.05) is 0 Å². The first-order chi connectivity index (χ1) is 6.92. The van der Waals surface area contributed by atoms with Crippen LogP contribution in [0.2, 0.25) is 0 Å². The van der Waals surface area contributed by atoms with Crippen molar-refractivity contribution in [3.05, 3.63) is 35.2 Å². The highest BCUT2D eigenvalue weighted by Crippen LogP contribution is 2.25. The van der Waals surface area contributed by atoms with Crippen molar-refractivity contribution in [2.24, 2.45) is 5.73 Å². The van der Waals surface area contributed by atoms with E-state index >= 15 is 0 Å². The first-order valence-electron chi connectivity index (χ1n) is 4.65. The Morgan fingerprint density at radius 2 is 2.14 bits per heavy atom. The molecule has 0 amide bonds. The molecule has 0 aliphatic carbocycles. The third kappa shape index (κ3) is 1.95. The van der Waals surface area contributed by atoms with Crippen molar-refractivity contribution in [1.82, 2.24) is 0 Å². The fourth-order valence-corrected chi connectivity index (χ4v) is 2.36. The zero-order valence-electron chi connectivity index (χ0n) is 7.90. The first-order valence-corrected chi connectivity index (χ1v) is 5.52. The van der Waals surface area contributed by atoms with E-state index in [2.05, 4.69) is 29.6 Å². The summed E-state index contributed by atoms with van der Waals surface area (Å²) >= 11 is 1.76. The average Bonchev–Trinajstić information content (AvgIpc) is 2.63. The van der Waals surface area contributed by atoms with E-state index in [9.17, 15) is 0 Å². The standard InChI is InChI=1S/C11H13NOS/c12-5-6-13-7-9-8-14-11-4-2-1-3-10(9)11/h1-4,8H,5-7,12H2. The van der Waals surface area contributed by atoms with Crippen LogP contribution in [0.4, 0.5) is 0 Å². The van der Waals surface area contributed by atoms with Gasteiger partial charge in [-0.25, -0.2) is 0 Å². The molecule has 3 heteroatoms. The summed E-state index contributed by atoms with van der Waals surface area (Å²) in [5, 5.41) is 3.45. The van der Waals surface area contributed by atoms with E-state index in [-0.39, 0.29) is 0 Å². The molecular weight excluding hydrogens is 194 g/mol. The van der Waals surface area contributed by atoms with Crippen LogP contribution in [-0.4, -0.2) is 13.2 Å². The van der Waals surface area contributed by atoms with Gasteiger partial charge in [0.25, 0.3) is 0 Å². The van der Waals surface area contributed by atoms with Gasteiger partial charge < -0.3 is 10.5 Å². The van der Waals surface area contributed by atoms with Crippen LogP contribution < -0.4 is 5.73 Å². The Hall–Kier alpha value is -0.900. The predicted molar refractivity (Wildman–Crippen MR) is 60.5 cm³/mol. The second-order valence-electron chi connectivity index (χ2n) is 3.10. The molecule has 14 heavy (non-hydrogen) atoms. The molecule has 74 valence electrons. The van der Waals surface area contributed by atoms with E-state index < -0.39 is 0 Å². The zero-order chi connectivity index (χ0) is 9.80. The van der Waals surface area contributed by atoms with Gasteiger partial charge in [0.15, 0.2) is 0 Å². The molecule has 0 bridgehead atoms. The van der Waals surface area contributed by atoms with Crippen LogP contribution in [-0.2, 0) is 11.3 Å². The van der Waals surface area contributed by atoms with Crippen LogP contribution in [0.15, 0.2) is 29.6 Å². The van der Waals surface area contributed by atoms with Gasteiger partial charge in [0, 0.05) is 11.2 Å². The Kier molecular flexibility index (Phi) is 3.14. The molecule has 1 aromatic carbocycles. The number of fused-ring (bicyclic) bond motifs is 1. The second-order valence-corrected chi connectivity index (χ2v) is 4.01. The fraction of sp³-hybridized carbons (Fsp3) is 0.273. The normalized spacial score (nSPS) is 10.9. The molecule has 0 spiro atoms. The topological polar surface area (TPSA) is 35.2 Å². The summed E-state index contributed by atoms with van der Waals surface area (Å²) in [6.07, 6.45) is 0. The molecule has 2 nitrogen and oxygen atoms in total. The van der Waals surface area contributed by atoms with E-state index in [0.717, 1.165) is 0 Å². The van der Waals surface area contributed by atoms with Gasteiger partial charge >= 0.3 is 0 Å². The monoisotopic (exact) mass is 207 g/mol. The molecule has 2 N–H and O–H groups in total. The largest absolute Gasteiger partial charge is 0.375 e. The number of rotatable bonds is 4. The third-order valence-corrected chi connectivity index (χ3v) is 3.09. The van der Waals surface area contributed by atoms with E-state index in [4.69, 9.17) is 10.5 Å². The first kappa shape index (κ1) is 9.65. The molecule has 2 rings (SSSR count). The molecular formula is C11H13NOS. The van der Waals surface area contributed by atoms with Crippen LogP contribution in [0.1, 0.15) is 5.56 Å². The van der Waals surface area contributed by atoms with Crippen LogP contribution in [0, 0.1) is 0 Å². The minimum absolute atomic E-state index is 0.585. The highest BCUT2D eigenvalue weighted by Gasteiger charge is 2.02. The zero-order valence-corrected chi connectivity index (χ0v) is 8.72. The summed E-state index contributed by atoms with van der Waals surface area (Å²) in [4.78, 5) is 0. The van der Waals surface area contributed by atoms with Crippen molar-refractivity contribution >= 4 is 21.4 Å². The van der Waals surface area contributed by atoms with E-state index in [1.54, 1.807) is 11.3 Å². The number of benzene rings is 1. The summed E-state index contributed by atoms with van der Waals surface area (Å²) in [7, 11) is 0. The van der Waals surface area contributed by atoms with Crippen molar-refractivity contribution in [2.75, 3.05) is 13.2 Å². The van der Waals surface area contributed by atoms with Gasteiger partial charge in [-0.05, 0) is 22.4 Å². The van der Waals surface area contributed by atoms with Gasteiger partial charge in [0.1, 0.15) is 0 Å². The summed E-state index contributed by atoms with van der Waals surface area (Å²) in [6.45, 7) is 1.88. The fourth-order valence-electron chi connectivity index (χ4n) is 1.41. The van der Waals surface area contributed by atoms with Crippen LogP contribution in [0.5, 0.6) is 0 Å².